The number of hydrogen-bond donors (Lipinski definition) is 2. The van der Waals surface area contributed by atoms with Crippen molar-refractivity contribution < 1.29 is 29.4 Å². The van der Waals surface area contributed by atoms with Crippen molar-refractivity contribution in [3.05, 3.63) is 138 Å². The second-order valence-corrected chi connectivity index (χ2v) is 15.2. The SMILES string of the molecule is CN1CCC(=C2c3ccccc3CC(=O)c3sccc32)CC1.CN1CCC(=C2c3ccccc3CC(=O)c3sccc32)CC1.O=C(O)/C=C/C(=O)O. The molecule has 0 unspecified atom stereocenters. The van der Waals surface area contributed by atoms with E-state index in [1.165, 1.54) is 55.7 Å². The smallest absolute Gasteiger partial charge is 0.328 e. The van der Waals surface area contributed by atoms with Crippen molar-refractivity contribution in [3.8, 4) is 0 Å². The van der Waals surface area contributed by atoms with Crippen LogP contribution in [0, 0.1) is 0 Å². The van der Waals surface area contributed by atoms with E-state index in [-0.39, 0.29) is 11.6 Å². The number of ketones is 2. The van der Waals surface area contributed by atoms with Crippen LogP contribution in [0.3, 0.4) is 0 Å². The maximum Gasteiger partial charge on any atom is 0.328 e. The van der Waals surface area contributed by atoms with Crippen molar-refractivity contribution in [2.75, 3.05) is 40.3 Å². The van der Waals surface area contributed by atoms with Crippen LogP contribution >= 0.6 is 22.7 Å². The van der Waals surface area contributed by atoms with E-state index in [0.717, 1.165) is 61.6 Å². The molecule has 4 aromatic rings. The van der Waals surface area contributed by atoms with Crippen molar-refractivity contribution in [1.29, 1.82) is 0 Å². The number of fused-ring (bicyclic) bond motifs is 4. The van der Waals surface area contributed by atoms with E-state index in [4.69, 9.17) is 10.2 Å². The molecule has 2 saturated heterocycles. The number of benzene rings is 2. The minimum Gasteiger partial charge on any atom is -0.478 e. The van der Waals surface area contributed by atoms with Gasteiger partial charge in [-0.15, -0.1) is 22.7 Å². The molecule has 0 spiro atoms. The lowest BCUT2D eigenvalue weighted by atomic mass is 9.88. The Kier molecular flexibility index (Phi) is 11.9. The zero-order valence-electron chi connectivity index (χ0n) is 29.4. The van der Waals surface area contributed by atoms with Gasteiger partial charge in [-0.05, 0) is 96.1 Å². The number of carbonyl (C=O) groups excluding carboxylic acids is 2. The monoisotopic (exact) mass is 734 g/mol. The molecule has 8 nitrogen and oxygen atoms in total. The zero-order chi connectivity index (χ0) is 36.8. The molecule has 0 atom stereocenters. The number of carbonyl (C=O) groups is 4. The van der Waals surface area contributed by atoms with Gasteiger partial charge in [0, 0.05) is 62.3 Å². The summed E-state index contributed by atoms with van der Waals surface area (Å²) in [5.41, 5.74) is 12.9. The van der Waals surface area contributed by atoms with Crippen molar-refractivity contribution >= 4 is 57.3 Å². The summed E-state index contributed by atoms with van der Waals surface area (Å²) in [6.07, 6.45) is 6.58. The molecule has 0 saturated carbocycles. The number of rotatable bonds is 2. The molecule has 2 aromatic heterocycles. The predicted octanol–water partition coefficient (Wildman–Crippen LogP) is 7.74. The fourth-order valence-corrected chi connectivity index (χ4v) is 8.94. The topological polar surface area (TPSA) is 115 Å². The average molecular weight is 735 g/mol. The van der Waals surface area contributed by atoms with Crippen LogP contribution in [0.25, 0.3) is 11.1 Å². The summed E-state index contributed by atoms with van der Waals surface area (Å²) in [4.78, 5) is 50.9. The summed E-state index contributed by atoms with van der Waals surface area (Å²) in [7, 11) is 4.37. The first-order valence-corrected chi connectivity index (χ1v) is 19.2. The van der Waals surface area contributed by atoms with E-state index in [0.29, 0.717) is 25.0 Å². The quantitative estimate of drug-likeness (QED) is 0.201. The van der Waals surface area contributed by atoms with Crippen LogP contribution in [0.15, 0.2) is 94.7 Å². The fraction of sp³-hybridized carbons (Fsp3) is 0.286. The van der Waals surface area contributed by atoms with E-state index < -0.39 is 11.9 Å². The molecule has 2 aromatic carbocycles. The summed E-state index contributed by atoms with van der Waals surface area (Å²) in [6.45, 7) is 4.42. The van der Waals surface area contributed by atoms with Crippen molar-refractivity contribution in [1.82, 2.24) is 9.80 Å². The zero-order valence-corrected chi connectivity index (χ0v) is 31.0. The number of carboxylic acids is 2. The molecule has 8 rings (SSSR count). The molecule has 4 aliphatic rings. The third-order valence-corrected chi connectivity index (χ3v) is 11.8. The second kappa shape index (κ2) is 16.7. The van der Waals surface area contributed by atoms with Crippen LogP contribution in [0.5, 0.6) is 0 Å². The molecule has 52 heavy (non-hydrogen) atoms. The molecular formula is C42H42N2O6S2. The van der Waals surface area contributed by atoms with Crippen LogP contribution in [-0.2, 0) is 22.4 Å². The first kappa shape index (κ1) is 37.0. The number of piperidine rings is 2. The molecule has 10 heteroatoms. The predicted molar refractivity (Wildman–Crippen MR) is 208 cm³/mol. The van der Waals surface area contributed by atoms with Gasteiger partial charge in [0.1, 0.15) is 0 Å². The van der Waals surface area contributed by atoms with Gasteiger partial charge in [0.15, 0.2) is 11.6 Å². The minimum absolute atomic E-state index is 0.265. The normalized spacial score (nSPS) is 17.4. The maximum absolute atomic E-state index is 12.6. The summed E-state index contributed by atoms with van der Waals surface area (Å²) in [6, 6.07) is 21.2. The summed E-state index contributed by atoms with van der Waals surface area (Å²) in [5.74, 6) is -1.98. The molecule has 2 aliphatic carbocycles. The number of nitrogens with zero attached hydrogens (tertiary/aromatic N) is 2. The van der Waals surface area contributed by atoms with E-state index in [9.17, 15) is 19.2 Å². The van der Waals surface area contributed by atoms with Crippen LogP contribution in [-0.4, -0.2) is 83.8 Å². The van der Waals surface area contributed by atoms with Crippen LogP contribution in [0.2, 0.25) is 0 Å². The Morgan fingerprint density at radius 3 is 1.31 bits per heavy atom. The summed E-state index contributed by atoms with van der Waals surface area (Å²) in [5, 5.41) is 19.7. The molecule has 0 amide bonds. The van der Waals surface area contributed by atoms with Gasteiger partial charge in [-0.2, -0.15) is 0 Å². The Labute approximate surface area is 312 Å². The standard InChI is InChI=1S/2C19H19NOS.C4H4O4/c2*1-20-9-6-13(7-10-20)18-15-5-3-2-4-14(15)12-17(21)19-16(18)8-11-22-19;5-3(6)1-2-4(7)8/h2*2-5,8,11H,6-7,9-10,12H2,1H3;1-2H,(H,5,6)(H,7,8)/b;;2-1+. The molecular weight excluding hydrogens is 693 g/mol. The van der Waals surface area contributed by atoms with Gasteiger partial charge >= 0.3 is 11.9 Å². The first-order valence-electron chi connectivity index (χ1n) is 17.4. The summed E-state index contributed by atoms with van der Waals surface area (Å²) < 4.78 is 0. The molecule has 268 valence electrons. The largest absolute Gasteiger partial charge is 0.478 e. The number of aliphatic carboxylic acids is 2. The first-order chi connectivity index (χ1) is 25.1. The van der Waals surface area contributed by atoms with E-state index in [2.05, 4.69) is 83.2 Å². The van der Waals surface area contributed by atoms with E-state index in [1.807, 2.05) is 12.1 Å². The highest BCUT2D eigenvalue weighted by atomic mass is 32.1. The number of hydrogen-bond acceptors (Lipinski definition) is 8. The third kappa shape index (κ3) is 8.48. The lowest BCUT2D eigenvalue weighted by molar-refractivity contribution is -0.134. The lowest BCUT2D eigenvalue weighted by Gasteiger charge is -2.27. The van der Waals surface area contributed by atoms with Crippen molar-refractivity contribution in [2.24, 2.45) is 0 Å². The van der Waals surface area contributed by atoms with Crippen molar-refractivity contribution in [2.45, 2.75) is 38.5 Å². The van der Waals surface area contributed by atoms with Gasteiger partial charge in [0.25, 0.3) is 0 Å². The molecule has 0 radical (unpaired) electrons. The van der Waals surface area contributed by atoms with Crippen LogP contribution in [0.4, 0.5) is 0 Å². The highest BCUT2D eigenvalue weighted by Crippen LogP contribution is 2.41. The molecule has 2 fully saturated rings. The Morgan fingerprint density at radius 2 is 0.942 bits per heavy atom. The van der Waals surface area contributed by atoms with Gasteiger partial charge in [0.05, 0.1) is 9.75 Å². The molecule has 4 heterocycles. The van der Waals surface area contributed by atoms with E-state index >= 15 is 0 Å². The number of carboxylic acid groups (broad SMARTS) is 2. The maximum atomic E-state index is 12.6. The van der Waals surface area contributed by atoms with Gasteiger partial charge in [-0.1, -0.05) is 59.7 Å². The van der Waals surface area contributed by atoms with Gasteiger partial charge in [-0.25, -0.2) is 9.59 Å². The highest BCUT2D eigenvalue weighted by Gasteiger charge is 2.29. The average Bonchev–Trinajstić information content (AvgIpc) is 3.78. The Morgan fingerprint density at radius 1 is 0.577 bits per heavy atom. The molecule has 0 bridgehead atoms. The van der Waals surface area contributed by atoms with Crippen LogP contribution in [0.1, 0.15) is 78.4 Å². The van der Waals surface area contributed by atoms with Gasteiger partial charge in [-0.3, -0.25) is 9.59 Å². The lowest BCUT2D eigenvalue weighted by Crippen LogP contribution is -2.27. The number of thiophene rings is 2. The molecule has 2 N–H and O–H groups in total. The van der Waals surface area contributed by atoms with Gasteiger partial charge in [0.2, 0.25) is 0 Å². The fourth-order valence-electron chi connectivity index (χ4n) is 7.26. The van der Waals surface area contributed by atoms with Gasteiger partial charge < -0.3 is 20.0 Å². The van der Waals surface area contributed by atoms with E-state index in [1.54, 1.807) is 22.7 Å². The van der Waals surface area contributed by atoms with Crippen LogP contribution < -0.4 is 0 Å². The molecule has 2 aliphatic heterocycles. The number of likely N-dealkylation sites (tertiary alicyclic amines) is 2. The minimum atomic E-state index is -1.26. The highest BCUT2D eigenvalue weighted by molar-refractivity contribution is 7.12. The van der Waals surface area contributed by atoms with Crippen molar-refractivity contribution in [3.63, 3.8) is 0 Å². The Bertz CT molecular complexity index is 1930. The second-order valence-electron chi connectivity index (χ2n) is 13.4. The Balaban J connectivity index is 0.000000149. The third-order valence-electron chi connectivity index (χ3n) is 9.91. The number of Topliss-reactive ketones (excluding diaryl/α,β-unsaturated/α-hetero) is 2. The Hall–Kier alpha value is -4.74. The summed E-state index contributed by atoms with van der Waals surface area (Å²) >= 11 is 3.18.